The molecule has 0 spiro atoms. The topological polar surface area (TPSA) is 58.6 Å². The van der Waals surface area contributed by atoms with E-state index in [1.807, 2.05) is 47.8 Å². The Labute approximate surface area is 144 Å². The molecule has 122 valence electrons. The first-order valence-electron chi connectivity index (χ1n) is 7.55. The molecule has 4 nitrogen and oxygen atoms in total. The fraction of sp³-hybridized carbons (Fsp3) is 0.105. The van der Waals surface area contributed by atoms with Crippen LogP contribution in [0.25, 0.3) is 0 Å². The second-order valence-corrected chi connectivity index (χ2v) is 6.16. The number of hydrogen-bond donors (Lipinski definition) is 2. The first kappa shape index (κ1) is 16.2. The van der Waals surface area contributed by atoms with Gasteiger partial charge in [0.05, 0.1) is 0 Å². The molecule has 0 aliphatic heterocycles. The number of carbonyl (C=O) groups excluding carboxylic acids is 1. The number of hydrogen-bond acceptors (Lipinski definition) is 4. The predicted octanol–water partition coefficient (Wildman–Crippen LogP) is 4.00. The van der Waals surface area contributed by atoms with Crippen LogP contribution in [0.5, 0.6) is 11.5 Å². The quantitative estimate of drug-likeness (QED) is 0.713. The van der Waals surface area contributed by atoms with Crippen LogP contribution in [0.1, 0.15) is 21.3 Å². The van der Waals surface area contributed by atoms with Gasteiger partial charge in [0.1, 0.15) is 17.6 Å². The second kappa shape index (κ2) is 7.77. The average molecular weight is 339 g/mol. The molecule has 0 saturated carbocycles. The van der Waals surface area contributed by atoms with E-state index in [4.69, 9.17) is 4.74 Å². The van der Waals surface area contributed by atoms with E-state index in [0.717, 1.165) is 10.6 Å². The molecule has 1 unspecified atom stereocenters. The molecule has 1 amide bonds. The number of nitrogens with one attached hydrogen (secondary N) is 1. The lowest BCUT2D eigenvalue weighted by Gasteiger charge is -2.11. The van der Waals surface area contributed by atoms with Crippen molar-refractivity contribution in [1.82, 2.24) is 5.32 Å². The normalized spacial score (nSPS) is 11.7. The van der Waals surface area contributed by atoms with E-state index in [0.29, 0.717) is 11.3 Å². The zero-order valence-electron chi connectivity index (χ0n) is 12.9. The molecule has 0 radical (unpaired) electrons. The minimum Gasteiger partial charge on any atom is -0.457 e. The summed E-state index contributed by atoms with van der Waals surface area (Å²) in [5.41, 5.74) is 0.522. The Morgan fingerprint density at radius 3 is 2.38 bits per heavy atom. The highest BCUT2D eigenvalue weighted by Gasteiger charge is 2.11. The highest BCUT2D eigenvalue weighted by Crippen LogP contribution is 2.21. The molecule has 1 aromatic heterocycles. The van der Waals surface area contributed by atoms with E-state index in [1.165, 1.54) is 11.3 Å². The van der Waals surface area contributed by atoms with Crippen LogP contribution in [0.4, 0.5) is 0 Å². The van der Waals surface area contributed by atoms with Gasteiger partial charge in [0.15, 0.2) is 0 Å². The molecule has 1 atom stereocenters. The molecule has 5 heteroatoms. The average Bonchev–Trinajstić information content (AvgIpc) is 3.16. The molecule has 0 bridgehead atoms. The van der Waals surface area contributed by atoms with Gasteiger partial charge in [-0.2, -0.15) is 0 Å². The van der Waals surface area contributed by atoms with Gasteiger partial charge >= 0.3 is 0 Å². The standard InChI is InChI=1S/C19H17NO3S/c21-17(18-7-4-12-24-18)13-20-19(22)14-8-10-16(11-9-14)23-15-5-2-1-3-6-15/h1-12,17,21H,13H2,(H,20,22). The molecule has 2 aromatic carbocycles. The number of carbonyl (C=O) groups is 1. The summed E-state index contributed by atoms with van der Waals surface area (Å²) in [6.07, 6.45) is -0.686. The minimum atomic E-state index is -0.686. The number of para-hydroxylation sites is 1. The maximum Gasteiger partial charge on any atom is 0.251 e. The third-order valence-electron chi connectivity index (χ3n) is 3.42. The van der Waals surface area contributed by atoms with Crippen molar-refractivity contribution in [3.8, 4) is 11.5 Å². The molecule has 0 saturated heterocycles. The van der Waals surface area contributed by atoms with Crippen molar-refractivity contribution in [2.45, 2.75) is 6.10 Å². The molecule has 0 fully saturated rings. The van der Waals surface area contributed by atoms with Gasteiger partial charge in [-0.3, -0.25) is 4.79 Å². The molecule has 3 rings (SSSR count). The molecule has 0 aliphatic rings. The van der Waals surface area contributed by atoms with Gasteiger partial charge in [-0.05, 0) is 47.8 Å². The van der Waals surface area contributed by atoms with Crippen molar-refractivity contribution in [2.24, 2.45) is 0 Å². The fourth-order valence-corrected chi connectivity index (χ4v) is 2.88. The van der Waals surface area contributed by atoms with Crippen molar-refractivity contribution >= 4 is 17.2 Å². The number of amides is 1. The van der Waals surface area contributed by atoms with Crippen LogP contribution in [0.2, 0.25) is 0 Å². The number of ether oxygens (including phenoxy) is 1. The first-order valence-corrected chi connectivity index (χ1v) is 8.43. The molecule has 1 heterocycles. The summed E-state index contributed by atoms with van der Waals surface area (Å²) >= 11 is 1.46. The fourth-order valence-electron chi connectivity index (χ4n) is 2.17. The van der Waals surface area contributed by atoms with Crippen LogP contribution >= 0.6 is 11.3 Å². The van der Waals surface area contributed by atoms with Gasteiger partial charge in [-0.1, -0.05) is 24.3 Å². The maximum atomic E-state index is 12.1. The Hall–Kier alpha value is -2.63. The Bertz CT molecular complexity index is 770. The lowest BCUT2D eigenvalue weighted by Crippen LogP contribution is -2.28. The summed E-state index contributed by atoms with van der Waals surface area (Å²) in [6, 6.07) is 20.1. The van der Waals surface area contributed by atoms with Crippen molar-refractivity contribution in [3.05, 3.63) is 82.6 Å². The van der Waals surface area contributed by atoms with E-state index in [-0.39, 0.29) is 12.5 Å². The van der Waals surface area contributed by atoms with Gasteiger partial charge < -0.3 is 15.2 Å². The Morgan fingerprint density at radius 2 is 1.71 bits per heavy atom. The van der Waals surface area contributed by atoms with Gasteiger partial charge in [0.25, 0.3) is 5.91 Å². The lowest BCUT2D eigenvalue weighted by molar-refractivity contribution is 0.0918. The third kappa shape index (κ3) is 4.22. The summed E-state index contributed by atoms with van der Waals surface area (Å²) in [5, 5.41) is 14.6. The zero-order chi connectivity index (χ0) is 16.8. The van der Waals surface area contributed by atoms with Gasteiger partial charge in [0.2, 0.25) is 0 Å². The highest BCUT2D eigenvalue weighted by atomic mass is 32.1. The summed E-state index contributed by atoms with van der Waals surface area (Å²) < 4.78 is 5.69. The van der Waals surface area contributed by atoms with Gasteiger partial charge in [-0.25, -0.2) is 0 Å². The largest absolute Gasteiger partial charge is 0.457 e. The molecule has 24 heavy (non-hydrogen) atoms. The molecule has 3 aromatic rings. The smallest absolute Gasteiger partial charge is 0.251 e. The van der Waals surface area contributed by atoms with Crippen molar-refractivity contribution < 1.29 is 14.6 Å². The Balaban J connectivity index is 1.56. The van der Waals surface area contributed by atoms with Crippen LogP contribution in [0.15, 0.2) is 72.1 Å². The van der Waals surface area contributed by atoms with E-state index < -0.39 is 6.10 Å². The first-order chi connectivity index (χ1) is 11.7. The van der Waals surface area contributed by atoms with Crippen LogP contribution in [-0.4, -0.2) is 17.6 Å². The molecular formula is C19H17NO3S. The van der Waals surface area contributed by atoms with E-state index in [2.05, 4.69) is 5.32 Å². The zero-order valence-corrected chi connectivity index (χ0v) is 13.7. The van der Waals surface area contributed by atoms with Crippen LogP contribution in [-0.2, 0) is 0 Å². The summed E-state index contributed by atoms with van der Waals surface area (Å²) in [5.74, 6) is 1.18. The Morgan fingerprint density at radius 1 is 1.00 bits per heavy atom. The monoisotopic (exact) mass is 339 g/mol. The van der Waals surface area contributed by atoms with Gasteiger partial charge in [-0.15, -0.1) is 11.3 Å². The van der Waals surface area contributed by atoms with Crippen LogP contribution in [0, 0.1) is 0 Å². The maximum absolute atomic E-state index is 12.1. The summed E-state index contributed by atoms with van der Waals surface area (Å²) in [4.78, 5) is 13.0. The SMILES string of the molecule is O=C(NCC(O)c1cccs1)c1ccc(Oc2ccccc2)cc1. The summed E-state index contributed by atoms with van der Waals surface area (Å²) in [6.45, 7) is 0.182. The van der Waals surface area contributed by atoms with Crippen LogP contribution < -0.4 is 10.1 Å². The van der Waals surface area contributed by atoms with E-state index in [9.17, 15) is 9.90 Å². The minimum absolute atomic E-state index is 0.182. The van der Waals surface area contributed by atoms with Gasteiger partial charge in [0, 0.05) is 17.0 Å². The van der Waals surface area contributed by atoms with E-state index >= 15 is 0 Å². The molecule has 0 aliphatic carbocycles. The number of aliphatic hydroxyl groups is 1. The lowest BCUT2D eigenvalue weighted by atomic mass is 10.2. The predicted molar refractivity (Wildman–Crippen MR) is 94.6 cm³/mol. The molecular weight excluding hydrogens is 322 g/mol. The Kier molecular flexibility index (Phi) is 5.25. The van der Waals surface area contributed by atoms with Crippen molar-refractivity contribution in [2.75, 3.05) is 6.54 Å². The number of benzene rings is 2. The van der Waals surface area contributed by atoms with Crippen molar-refractivity contribution in [1.29, 1.82) is 0 Å². The molecule has 2 N–H and O–H groups in total. The third-order valence-corrected chi connectivity index (χ3v) is 4.40. The number of thiophene rings is 1. The number of rotatable bonds is 6. The van der Waals surface area contributed by atoms with E-state index in [1.54, 1.807) is 24.3 Å². The van der Waals surface area contributed by atoms with Crippen molar-refractivity contribution in [3.63, 3.8) is 0 Å². The number of aliphatic hydroxyl groups excluding tert-OH is 1. The second-order valence-electron chi connectivity index (χ2n) is 5.18. The van der Waals surface area contributed by atoms with Crippen LogP contribution in [0.3, 0.4) is 0 Å². The highest BCUT2D eigenvalue weighted by molar-refractivity contribution is 7.10. The summed E-state index contributed by atoms with van der Waals surface area (Å²) in [7, 11) is 0.